The number of rotatable bonds is 4. The molecule has 0 atom stereocenters. The van der Waals surface area contributed by atoms with Crippen molar-refractivity contribution >= 4 is 11.4 Å². The van der Waals surface area contributed by atoms with Crippen molar-refractivity contribution in [2.75, 3.05) is 23.8 Å². The molecule has 3 N–H and O–H groups in total. The van der Waals surface area contributed by atoms with Crippen LogP contribution in [0.1, 0.15) is 31.2 Å². The smallest absolute Gasteiger partial charge is 0.0606 e. The Balaban J connectivity index is 2.27. The lowest BCUT2D eigenvalue weighted by molar-refractivity contribution is 0.297. The molecule has 0 heterocycles. The van der Waals surface area contributed by atoms with Gasteiger partial charge in [0.05, 0.1) is 18.0 Å². The first kappa shape index (κ1) is 12.2. The number of nitrogens with two attached hydrogens (primary N) is 1. The van der Waals surface area contributed by atoms with Gasteiger partial charge in [0.25, 0.3) is 0 Å². The summed E-state index contributed by atoms with van der Waals surface area (Å²) >= 11 is 0. The Hall–Kier alpha value is -1.22. The molecule has 1 aromatic rings. The average molecular weight is 234 g/mol. The monoisotopic (exact) mass is 234 g/mol. The van der Waals surface area contributed by atoms with E-state index in [4.69, 9.17) is 5.73 Å². The second-order valence-electron chi connectivity index (χ2n) is 4.92. The largest absolute Gasteiger partial charge is 0.397 e. The van der Waals surface area contributed by atoms with E-state index in [0.717, 1.165) is 11.4 Å². The number of nitrogens with zero attached hydrogens (tertiary/aromatic N) is 1. The summed E-state index contributed by atoms with van der Waals surface area (Å²) in [7, 11) is 0. The molecule has 0 aromatic heterocycles. The molecule has 1 aromatic carbocycles. The maximum absolute atomic E-state index is 9.24. The summed E-state index contributed by atoms with van der Waals surface area (Å²) in [6.45, 7) is 2.94. The Morgan fingerprint density at radius 3 is 2.71 bits per heavy atom. The van der Waals surface area contributed by atoms with Gasteiger partial charge < -0.3 is 15.7 Å². The van der Waals surface area contributed by atoms with E-state index in [1.807, 2.05) is 12.1 Å². The fourth-order valence-electron chi connectivity index (χ4n) is 2.73. The molecule has 2 rings (SSSR count). The van der Waals surface area contributed by atoms with E-state index >= 15 is 0 Å². The molecule has 0 aliphatic heterocycles. The van der Waals surface area contributed by atoms with Crippen molar-refractivity contribution in [3.63, 3.8) is 0 Å². The summed E-state index contributed by atoms with van der Waals surface area (Å²) in [5, 5.41) is 9.24. The van der Waals surface area contributed by atoms with E-state index in [-0.39, 0.29) is 6.61 Å². The van der Waals surface area contributed by atoms with Gasteiger partial charge in [0, 0.05) is 12.6 Å². The minimum atomic E-state index is 0.184. The van der Waals surface area contributed by atoms with Gasteiger partial charge in [-0.05, 0) is 37.5 Å². The highest BCUT2D eigenvalue weighted by Crippen LogP contribution is 2.32. The average Bonchev–Trinajstić information content (AvgIpc) is 2.83. The van der Waals surface area contributed by atoms with E-state index < -0.39 is 0 Å². The molecule has 3 nitrogen and oxygen atoms in total. The SMILES string of the molecule is Cc1ccc(N)c(N(CCO)C2CCCC2)c1. The molecule has 0 spiro atoms. The summed E-state index contributed by atoms with van der Waals surface area (Å²) in [6, 6.07) is 6.67. The van der Waals surface area contributed by atoms with Gasteiger partial charge in [-0.3, -0.25) is 0 Å². The third-order valence-electron chi connectivity index (χ3n) is 3.60. The molecule has 1 saturated carbocycles. The summed E-state index contributed by atoms with van der Waals surface area (Å²) in [5.41, 5.74) is 9.19. The number of nitrogen functional groups attached to an aromatic ring is 1. The van der Waals surface area contributed by atoms with E-state index in [1.165, 1.54) is 31.2 Å². The minimum absolute atomic E-state index is 0.184. The molecule has 0 amide bonds. The highest BCUT2D eigenvalue weighted by atomic mass is 16.3. The number of aliphatic hydroxyl groups excluding tert-OH is 1. The lowest BCUT2D eigenvalue weighted by Gasteiger charge is -2.31. The fourth-order valence-corrected chi connectivity index (χ4v) is 2.73. The molecule has 0 unspecified atom stereocenters. The molecular weight excluding hydrogens is 212 g/mol. The highest BCUT2D eigenvalue weighted by molar-refractivity contribution is 5.69. The van der Waals surface area contributed by atoms with Crippen LogP contribution in [0.2, 0.25) is 0 Å². The number of aryl methyl sites for hydroxylation is 1. The first-order chi connectivity index (χ1) is 8.22. The predicted octanol–water partition coefficient (Wildman–Crippen LogP) is 2.32. The van der Waals surface area contributed by atoms with Gasteiger partial charge in [0.2, 0.25) is 0 Å². The highest BCUT2D eigenvalue weighted by Gasteiger charge is 2.23. The van der Waals surface area contributed by atoms with Crippen LogP contribution in [0.3, 0.4) is 0 Å². The zero-order chi connectivity index (χ0) is 12.3. The van der Waals surface area contributed by atoms with Crippen LogP contribution in [-0.4, -0.2) is 24.3 Å². The number of benzene rings is 1. The van der Waals surface area contributed by atoms with Crippen molar-refractivity contribution in [3.8, 4) is 0 Å². The molecule has 1 aliphatic rings. The van der Waals surface area contributed by atoms with Gasteiger partial charge in [-0.15, -0.1) is 0 Å². The molecule has 0 bridgehead atoms. The first-order valence-electron chi connectivity index (χ1n) is 6.46. The molecule has 1 aliphatic carbocycles. The maximum atomic E-state index is 9.24. The normalized spacial score (nSPS) is 16.4. The molecular formula is C14H22N2O. The zero-order valence-electron chi connectivity index (χ0n) is 10.5. The predicted molar refractivity (Wildman–Crippen MR) is 72.3 cm³/mol. The van der Waals surface area contributed by atoms with Crippen molar-refractivity contribution in [3.05, 3.63) is 23.8 Å². The van der Waals surface area contributed by atoms with Crippen LogP contribution in [0, 0.1) is 6.92 Å². The standard InChI is InChI=1S/C14H22N2O/c1-11-6-7-13(15)14(10-11)16(8-9-17)12-4-2-3-5-12/h6-7,10,12,17H,2-5,8-9,15H2,1H3. The molecule has 0 saturated heterocycles. The van der Waals surface area contributed by atoms with Gasteiger partial charge in [-0.1, -0.05) is 18.9 Å². The number of anilines is 2. The number of aliphatic hydroxyl groups is 1. The quantitative estimate of drug-likeness (QED) is 0.786. The second-order valence-corrected chi connectivity index (χ2v) is 4.92. The fraction of sp³-hybridized carbons (Fsp3) is 0.571. The van der Waals surface area contributed by atoms with Crippen molar-refractivity contribution in [2.45, 2.75) is 38.6 Å². The van der Waals surface area contributed by atoms with Crippen molar-refractivity contribution in [1.29, 1.82) is 0 Å². The summed E-state index contributed by atoms with van der Waals surface area (Å²) in [5.74, 6) is 0. The van der Waals surface area contributed by atoms with Crippen LogP contribution in [-0.2, 0) is 0 Å². The molecule has 3 heteroatoms. The van der Waals surface area contributed by atoms with Crippen molar-refractivity contribution in [2.24, 2.45) is 0 Å². The van der Waals surface area contributed by atoms with Gasteiger partial charge in [-0.25, -0.2) is 0 Å². The molecule has 17 heavy (non-hydrogen) atoms. The molecule has 0 radical (unpaired) electrons. The van der Waals surface area contributed by atoms with Crippen molar-refractivity contribution in [1.82, 2.24) is 0 Å². The van der Waals surface area contributed by atoms with Crippen molar-refractivity contribution < 1.29 is 5.11 Å². The van der Waals surface area contributed by atoms with Gasteiger partial charge >= 0.3 is 0 Å². The summed E-state index contributed by atoms with van der Waals surface area (Å²) in [4.78, 5) is 2.29. The van der Waals surface area contributed by atoms with E-state index in [1.54, 1.807) is 0 Å². The Morgan fingerprint density at radius 2 is 2.06 bits per heavy atom. The lowest BCUT2D eigenvalue weighted by atomic mass is 10.1. The van der Waals surface area contributed by atoms with Crippen LogP contribution < -0.4 is 10.6 Å². The van der Waals surface area contributed by atoms with E-state index in [2.05, 4.69) is 17.9 Å². The van der Waals surface area contributed by atoms with Gasteiger partial charge in [0.15, 0.2) is 0 Å². The number of hydrogen-bond acceptors (Lipinski definition) is 3. The Labute approximate surface area is 103 Å². The number of hydrogen-bond donors (Lipinski definition) is 2. The third kappa shape index (κ3) is 2.72. The lowest BCUT2D eigenvalue weighted by Crippen LogP contribution is -2.36. The Kier molecular flexibility index (Phi) is 3.89. The second kappa shape index (κ2) is 5.41. The minimum Gasteiger partial charge on any atom is -0.397 e. The van der Waals surface area contributed by atoms with E-state index in [0.29, 0.717) is 12.6 Å². The first-order valence-corrected chi connectivity index (χ1v) is 6.46. The van der Waals surface area contributed by atoms with Crippen LogP contribution in [0.5, 0.6) is 0 Å². The topological polar surface area (TPSA) is 49.5 Å². The summed E-state index contributed by atoms with van der Waals surface area (Å²) in [6.07, 6.45) is 5.01. The van der Waals surface area contributed by atoms with Crippen LogP contribution in [0.25, 0.3) is 0 Å². The zero-order valence-corrected chi connectivity index (χ0v) is 10.5. The third-order valence-corrected chi connectivity index (χ3v) is 3.60. The van der Waals surface area contributed by atoms with Gasteiger partial charge in [0.1, 0.15) is 0 Å². The van der Waals surface area contributed by atoms with Crippen LogP contribution in [0.4, 0.5) is 11.4 Å². The van der Waals surface area contributed by atoms with Crippen LogP contribution in [0.15, 0.2) is 18.2 Å². The summed E-state index contributed by atoms with van der Waals surface area (Å²) < 4.78 is 0. The Morgan fingerprint density at radius 1 is 1.35 bits per heavy atom. The Bertz CT molecular complexity index is 372. The van der Waals surface area contributed by atoms with Crippen LogP contribution >= 0.6 is 0 Å². The van der Waals surface area contributed by atoms with Gasteiger partial charge in [-0.2, -0.15) is 0 Å². The molecule has 1 fully saturated rings. The maximum Gasteiger partial charge on any atom is 0.0606 e. The van der Waals surface area contributed by atoms with E-state index in [9.17, 15) is 5.11 Å². The molecule has 94 valence electrons.